The smallest absolute Gasteiger partial charge is 0.200 e. The van der Waals surface area contributed by atoms with Gasteiger partial charge in [-0.05, 0) is 6.42 Å². The van der Waals surface area contributed by atoms with Crippen molar-refractivity contribution in [2.45, 2.75) is 32.1 Å². The molecule has 0 amide bonds. The fourth-order valence-corrected chi connectivity index (χ4v) is 1.84. The third-order valence-electron chi connectivity index (χ3n) is 2.65. The number of nitrogens with zero attached hydrogens (tertiary/aromatic N) is 2. The molecule has 92 valence electrons. The van der Waals surface area contributed by atoms with E-state index in [0.29, 0.717) is 6.54 Å². The van der Waals surface area contributed by atoms with Crippen molar-refractivity contribution in [2.75, 3.05) is 20.8 Å². The van der Waals surface area contributed by atoms with Crippen LogP contribution in [0.3, 0.4) is 0 Å². The molecule has 2 N–H and O–H groups in total. The maximum atomic E-state index is 5.77. The summed E-state index contributed by atoms with van der Waals surface area (Å²) in [6, 6.07) is 0.260. The highest BCUT2D eigenvalue weighted by Crippen LogP contribution is 2.22. The van der Waals surface area contributed by atoms with Crippen LogP contribution in [0.15, 0.2) is 12.5 Å². The Kier molecular flexibility index (Phi) is 5.45. The Labute approximate surface area is 96.6 Å². The fourth-order valence-electron chi connectivity index (χ4n) is 1.84. The summed E-state index contributed by atoms with van der Waals surface area (Å²) in [5, 5.41) is 0. The van der Waals surface area contributed by atoms with Gasteiger partial charge < -0.3 is 19.8 Å². The van der Waals surface area contributed by atoms with Crippen molar-refractivity contribution in [3.63, 3.8) is 0 Å². The second-order valence-corrected chi connectivity index (χ2v) is 3.71. The molecule has 1 heterocycles. The lowest BCUT2D eigenvalue weighted by Gasteiger charge is -2.22. The van der Waals surface area contributed by atoms with Crippen LogP contribution in [-0.4, -0.2) is 30.3 Å². The van der Waals surface area contributed by atoms with E-state index in [9.17, 15) is 0 Å². The van der Waals surface area contributed by atoms with E-state index >= 15 is 0 Å². The van der Waals surface area contributed by atoms with Gasteiger partial charge in [-0.15, -0.1) is 0 Å². The minimum atomic E-state index is -0.381. The van der Waals surface area contributed by atoms with Gasteiger partial charge in [-0.1, -0.05) is 13.3 Å². The Morgan fingerprint density at radius 1 is 1.44 bits per heavy atom. The lowest BCUT2D eigenvalue weighted by molar-refractivity contribution is -0.111. The van der Waals surface area contributed by atoms with E-state index in [1.54, 1.807) is 26.7 Å². The zero-order valence-corrected chi connectivity index (χ0v) is 10.2. The summed E-state index contributed by atoms with van der Waals surface area (Å²) in [5.74, 6) is 0. The first-order valence-electron chi connectivity index (χ1n) is 5.55. The second kappa shape index (κ2) is 6.62. The highest BCUT2D eigenvalue weighted by atomic mass is 16.7. The highest BCUT2D eigenvalue weighted by Gasteiger charge is 2.18. The van der Waals surface area contributed by atoms with Crippen LogP contribution in [0, 0.1) is 0 Å². The number of aromatic nitrogens is 2. The van der Waals surface area contributed by atoms with Crippen LogP contribution >= 0.6 is 0 Å². The maximum Gasteiger partial charge on any atom is 0.200 e. The van der Waals surface area contributed by atoms with Gasteiger partial charge in [0.25, 0.3) is 0 Å². The molecule has 0 radical (unpaired) electrons. The minimum absolute atomic E-state index is 0.260. The Bertz CT molecular complexity index is 297. The lowest BCUT2D eigenvalue weighted by atomic mass is 10.1. The Hall–Kier alpha value is -0.910. The number of hydrogen-bond acceptors (Lipinski definition) is 4. The largest absolute Gasteiger partial charge is 0.350 e. The van der Waals surface area contributed by atoms with Gasteiger partial charge in [-0.2, -0.15) is 0 Å². The van der Waals surface area contributed by atoms with Gasteiger partial charge in [0.15, 0.2) is 6.29 Å². The predicted molar refractivity (Wildman–Crippen MR) is 62.0 cm³/mol. The van der Waals surface area contributed by atoms with E-state index in [1.165, 1.54) is 0 Å². The van der Waals surface area contributed by atoms with Crippen LogP contribution in [0.4, 0.5) is 0 Å². The summed E-state index contributed by atoms with van der Waals surface area (Å²) in [6.45, 7) is 2.74. The lowest BCUT2D eigenvalue weighted by Crippen LogP contribution is -2.22. The summed E-state index contributed by atoms with van der Waals surface area (Å²) in [7, 11) is 3.23. The van der Waals surface area contributed by atoms with E-state index in [0.717, 1.165) is 18.5 Å². The topological polar surface area (TPSA) is 62.3 Å². The van der Waals surface area contributed by atoms with Gasteiger partial charge in [-0.3, -0.25) is 0 Å². The van der Waals surface area contributed by atoms with Crippen molar-refractivity contribution >= 4 is 0 Å². The van der Waals surface area contributed by atoms with Gasteiger partial charge in [0.05, 0.1) is 18.2 Å². The van der Waals surface area contributed by atoms with Gasteiger partial charge in [0.1, 0.15) is 0 Å². The van der Waals surface area contributed by atoms with Crippen molar-refractivity contribution in [2.24, 2.45) is 5.73 Å². The molecule has 0 saturated heterocycles. The van der Waals surface area contributed by atoms with Crippen molar-refractivity contribution in [3.8, 4) is 0 Å². The van der Waals surface area contributed by atoms with Crippen LogP contribution < -0.4 is 5.73 Å². The second-order valence-electron chi connectivity index (χ2n) is 3.71. The standard InChI is InChI=1S/C11H21N3O2/c1-4-5-9(6-12)14-8-13-7-10(14)11(15-2)16-3/h7-9,11H,4-6,12H2,1-3H3. The molecule has 16 heavy (non-hydrogen) atoms. The van der Waals surface area contributed by atoms with E-state index in [-0.39, 0.29) is 12.3 Å². The number of rotatable bonds is 7. The number of imidazole rings is 1. The van der Waals surface area contributed by atoms with E-state index in [2.05, 4.69) is 11.9 Å². The van der Waals surface area contributed by atoms with Crippen LogP contribution in [-0.2, 0) is 9.47 Å². The summed E-state index contributed by atoms with van der Waals surface area (Å²) in [6.07, 6.45) is 5.28. The predicted octanol–water partition coefficient (Wildman–Crippen LogP) is 1.47. The van der Waals surface area contributed by atoms with E-state index in [1.807, 2.05) is 4.57 Å². The zero-order valence-electron chi connectivity index (χ0n) is 10.2. The molecule has 1 aromatic heterocycles. The van der Waals surface area contributed by atoms with Crippen LogP contribution in [0.2, 0.25) is 0 Å². The van der Waals surface area contributed by atoms with Crippen LogP contribution in [0.1, 0.15) is 37.8 Å². The summed E-state index contributed by atoms with van der Waals surface area (Å²) in [4.78, 5) is 4.14. The first kappa shape index (κ1) is 13.2. The molecule has 5 nitrogen and oxygen atoms in total. The first-order chi connectivity index (χ1) is 7.78. The van der Waals surface area contributed by atoms with Crippen molar-refractivity contribution in [1.29, 1.82) is 0 Å². The molecule has 0 bridgehead atoms. The monoisotopic (exact) mass is 227 g/mol. The van der Waals surface area contributed by atoms with Crippen molar-refractivity contribution in [3.05, 3.63) is 18.2 Å². The van der Waals surface area contributed by atoms with E-state index in [4.69, 9.17) is 15.2 Å². The van der Waals surface area contributed by atoms with Crippen LogP contribution in [0.5, 0.6) is 0 Å². The maximum absolute atomic E-state index is 5.77. The molecule has 5 heteroatoms. The first-order valence-corrected chi connectivity index (χ1v) is 5.55. The Morgan fingerprint density at radius 2 is 2.12 bits per heavy atom. The molecule has 1 unspecified atom stereocenters. The summed E-state index contributed by atoms with van der Waals surface area (Å²) in [5.41, 5.74) is 6.68. The van der Waals surface area contributed by atoms with Crippen molar-refractivity contribution < 1.29 is 9.47 Å². The van der Waals surface area contributed by atoms with Crippen molar-refractivity contribution in [1.82, 2.24) is 9.55 Å². The summed E-state index contributed by atoms with van der Waals surface area (Å²) < 4.78 is 12.5. The van der Waals surface area contributed by atoms with E-state index < -0.39 is 0 Å². The number of methoxy groups -OCH3 is 2. The molecule has 0 aliphatic carbocycles. The SMILES string of the molecule is CCCC(CN)n1cncc1C(OC)OC. The Balaban J connectivity index is 2.90. The molecular formula is C11H21N3O2. The fraction of sp³-hybridized carbons (Fsp3) is 0.727. The molecule has 0 aromatic carbocycles. The average Bonchev–Trinajstić information content (AvgIpc) is 2.77. The number of nitrogens with two attached hydrogens (primary N) is 1. The highest BCUT2D eigenvalue weighted by molar-refractivity contribution is 5.02. The normalized spacial score (nSPS) is 13.3. The molecule has 1 rings (SSSR count). The molecule has 0 saturated carbocycles. The van der Waals surface area contributed by atoms with Gasteiger partial charge in [0.2, 0.25) is 0 Å². The molecule has 1 atom stereocenters. The van der Waals surface area contributed by atoms with Gasteiger partial charge >= 0.3 is 0 Å². The quantitative estimate of drug-likeness (QED) is 0.717. The summed E-state index contributed by atoms with van der Waals surface area (Å²) >= 11 is 0. The van der Waals surface area contributed by atoms with Gasteiger partial charge in [0, 0.05) is 26.8 Å². The molecular weight excluding hydrogens is 206 g/mol. The zero-order chi connectivity index (χ0) is 12.0. The molecule has 0 aliphatic rings. The minimum Gasteiger partial charge on any atom is -0.350 e. The number of hydrogen-bond donors (Lipinski definition) is 1. The molecule has 1 aromatic rings. The third kappa shape index (κ3) is 2.81. The molecule has 0 aliphatic heterocycles. The Morgan fingerprint density at radius 3 is 2.62 bits per heavy atom. The third-order valence-corrected chi connectivity index (χ3v) is 2.65. The van der Waals surface area contributed by atoms with Gasteiger partial charge in [-0.25, -0.2) is 4.98 Å². The van der Waals surface area contributed by atoms with Crippen LogP contribution in [0.25, 0.3) is 0 Å². The molecule has 0 spiro atoms. The average molecular weight is 227 g/mol. The number of ether oxygens (including phenoxy) is 2. The molecule has 0 fully saturated rings.